The third-order valence-electron chi connectivity index (χ3n) is 1.95. The summed E-state index contributed by atoms with van der Waals surface area (Å²) in [7, 11) is 2.87. The monoisotopic (exact) mass is 202 g/mol. The van der Waals surface area contributed by atoms with Crippen LogP contribution in [0.5, 0.6) is 0 Å². The van der Waals surface area contributed by atoms with Crippen molar-refractivity contribution < 1.29 is 14.3 Å². The molecule has 0 aromatic heterocycles. The number of methoxy groups -OCH3 is 1. The Morgan fingerprint density at radius 3 is 2.50 bits per heavy atom. The van der Waals surface area contributed by atoms with E-state index in [0.717, 1.165) is 0 Å². The van der Waals surface area contributed by atoms with Gasteiger partial charge in [-0.05, 0) is 12.5 Å². The summed E-state index contributed by atoms with van der Waals surface area (Å²) >= 11 is 0. The number of carbonyl (C=O) groups is 2. The second-order valence-electron chi connectivity index (χ2n) is 3.37. The van der Waals surface area contributed by atoms with Crippen molar-refractivity contribution in [2.24, 2.45) is 11.7 Å². The van der Waals surface area contributed by atoms with Crippen LogP contribution in [0.3, 0.4) is 0 Å². The zero-order valence-electron chi connectivity index (χ0n) is 8.95. The van der Waals surface area contributed by atoms with Crippen molar-refractivity contribution >= 4 is 11.9 Å². The Balaban J connectivity index is 3.93. The molecule has 0 bridgehead atoms. The summed E-state index contributed by atoms with van der Waals surface area (Å²) in [5, 5.41) is 0. The second-order valence-corrected chi connectivity index (χ2v) is 3.37. The van der Waals surface area contributed by atoms with Gasteiger partial charge in [-0.25, -0.2) is 0 Å². The quantitative estimate of drug-likeness (QED) is 0.616. The molecule has 2 N–H and O–H groups in total. The molecule has 0 aromatic rings. The lowest BCUT2D eigenvalue weighted by molar-refractivity contribution is -0.146. The third kappa shape index (κ3) is 4.81. The molecule has 5 nitrogen and oxygen atoms in total. The van der Waals surface area contributed by atoms with Gasteiger partial charge in [-0.1, -0.05) is 6.92 Å². The number of ether oxygens (including phenoxy) is 1. The van der Waals surface area contributed by atoms with Crippen LogP contribution >= 0.6 is 0 Å². The van der Waals surface area contributed by atoms with Crippen molar-refractivity contribution in [3.05, 3.63) is 0 Å². The second kappa shape index (κ2) is 6.37. The van der Waals surface area contributed by atoms with Crippen LogP contribution in [0.4, 0.5) is 0 Å². The van der Waals surface area contributed by atoms with Gasteiger partial charge in [0.25, 0.3) is 0 Å². The normalized spacial score (nSPS) is 12.0. The van der Waals surface area contributed by atoms with Crippen LogP contribution in [0.25, 0.3) is 0 Å². The number of nitrogens with two attached hydrogens (primary N) is 1. The largest absolute Gasteiger partial charge is 0.468 e. The van der Waals surface area contributed by atoms with Gasteiger partial charge < -0.3 is 15.4 Å². The van der Waals surface area contributed by atoms with Crippen molar-refractivity contribution in [1.82, 2.24) is 4.90 Å². The Bertz CT molecular complexity index is 206. The molecule has 82 valence electrons. The minimum Gasteiger partial charge on any atom is -0.468 e. The van der Waals surface area contributed by atoms with Gasteiger partial charge in [0.05, 0.1) is 7.11 Å². The summed E-state index contributed by atoms with van der Waals surface area (Å²) in [4.78, 5) is 23.6. The molecule has 0 radical (unpaired) electrons. The first kappa shape index (κ1) is 12.9. The van der Waals surface area contributed by atoms with Gasteiger partial charge >= 0.3 is 5.97 Å². The fraction of sp³-hybridized carbons (Fsp3) is 0.778. The first-order valence-electron chi connectivity index (χ1n) is 4.52. The van der Waals surface area contributed by atoms with Crippen molar-refractivity contribution in [3.8, 4) is 0 Å². The van der Waals surface area contributed by atoms with Crippen LogP contribution in [0.15, 0.2) is 0 Å². The van der Waals surface area contributed by atoms with E-state index in [-0.39, 0.29) is 18.4 Å². The molecular formula is C9H18N2O3. The van der Waals surface area contributed by atoms with Crippen LogP contribution in [0, 0.1) is 5.92 Å². The molecule has 14 heavy (non-hydrogen) atoms. The van der Waals surface area contributed by atoms with Gasteiger partial charge in [0, 0.05) is 13.5 Å². The van der Waals surface area contributed by atoms with Gasteiger partial charge in [0.15, 0.2) is 0 Å². The Kier molecular flexibility index (Phi) is 5.87. The topological polar surface area (TPSA) is 72.6 Å². The number of likely N-dealkylation sites (N-methyl/N-ethyl adjacent to an activating group) is 1. The highest BCUT2D eigenvalue weighted by Crippen LogP contribution is 2.02. The van der Waals surface area contributed by atoms with Crippen molar-refractivity contribution in [1.29, 1.82) is 0 Å². The number of carbonyl (C=O) groups excluding carboxylic acids is 2. The number of nitrogens with zero attached hydrogens (tertiary/aromatic N) is 1. The van der Waals surface area contributed by atoms with Gasteiger partial charge in [-0.15, -0.1) is 0 Å². The summed E-state index contributed by atoms with van der Waals surface area (Å²) in [5.74, 6) is -0.364. The molecule has 0 saturated carbocycles. The maximum atomic E-state index is 11.4. The van der Waals surface area contributed by atoms with Crippen molar-refractivity contribution in [2.45, 2.75) is 13.3 Å². The van der Waals surface area contributed by atoms with Crippen LogP contribution < -0.4 is 5.73 Å². The SMILES string of the molecule is COC(=O)CN(C)C(=O)CC(C)CN. The zero-order valence-corrected chi connectivity index (χ0v) is 8.95. The Labute approximate surface area is 84.2 Å². The van der Waals surface area contributed by atoms with E-state index in [0.29, 0.717) is 13.0 Å². The Morgan fingerprint density at radius 1 is 1.50 bits per heavy atom. The van der Waals surface area contributed by atoms with E-state index in [2.05, 4.69) is 4.74 Å². The molecule has 0 rings (SSSR count). The molecule has 1 atom stereocenters. The van der Waals surface area contributed by atoms with E-state index in [9.17, 15) is 9.59 Å². The predicted molar refractivity (Wildman–Crippen MR) is 52.5 cm³/mol. The molecule has 0 fully saturated rings. The fourth-order valence-corrected chi connectivity index (χ4v) is 0.884. The van der Waals surface area contributed by atoms with Crippen LogP contribution in [0.2, 0.25) is 0 Å². The van der Waals surface area contributed by atoms with Crippen molar-refractivity contribution in [3.63, 3.8) is 0 Å². The van der Waals surface area contributed by atoms with Crippen LogP contribution in [-0.4, -0.2) is 44.0 Å². The van der Waals surface area contributed by atoms with E-state index in [1.807, 2.05) is 6.92 Å². The highest BCUT2D eigenvalue weighted by Gasteiger charge is 2.15. The molecular weight excluding hydrogens is 184 g/mol. The van der Waals surface area contributed by atoms with Gasteiger partial charge in [-0.3, -0.25) is 9.59 Å². The molecule has 1 unspecified atom stereocenters. The van der Waals surface area contributed by atoms with E-state index in [4.69, 9.17) is 5.73 Å². The summed E-state index contributed by atoms with van der Waals surface area (Å²) in [6.07, 6.45) is 0.365. The predicted octanol–water partition coefficient (Wildman–Crippen LogP) is -0.397. The first-order chi connectivity index (χ1) is 6.51. The fourth-order valence-electron chi connectivity index (χ4n) is 0.884. The van der Waals surface area contributed by atoms with E-state index in [1.54, 1.807) is 7.05 Å². The molecule has 1 amide bonds. The maximum Gasteiger partial charge on any atom is 0.325 e. The Hall–Kier alpha value is -1.10. The molecule has 5 heteroatoms. The average molecular weight is 202 g/mol. The van der Waals surface area contributed by atoms with Gasteiger partial charge in [0.2, 0.25) is 5.91 Å². The average Bonchev–Trinajstić information content (AvgIpc) is 2.17. The lowest BCUT2D eigenvalue weighted by atomic mass is 10.1. The Morgan fingerprint density at radius 2 is 2.07 bits per heavy atom. The molecule has 0 aliphatic heterocycles. The number of esters is 1. The summed E-state index contributed by atoms with van der Waals surface area (Å²) in [6, 6.07) is 0. The molecule has 0 aromatic carbocycles. The van der Waals surface area contributed by atoms with Crippen molar-refractivity contribution in [2.75, 3.05) is 27.2 Å². The highest BCUT2D eigenvalue weighted by molar-refractivity contribution is 5.81. The number of hydrogen-bond acceptors (Lipinski definition) is 4. The van der Waals surface area contributed by atoms with Crippen LogP contribution in [-0.2, 0) is 14.3 Å². The molecule has 0 saturated heterocycles. The smallest absolute Gasteiger partial charge is 0.325 e. The number of rotatable bonds is 5. The molecule has 0 aliphatic carbocycles. The maximum absolute atomic E-state index is 11.4. The standard InChI is InChI=1S/C9H18N2O3/c1-7(5-10)4-8(12)11(2)6-9(13)14-3/h7H,4-6,10H2,1-3H3. The third-order valence-corrected chi connectivity index (χ3v) is 1.95. The zero-order chi connectivity index (χ0) is 11.1. The van der Waals surface area contributed by atoms with Gasteiger partial charge in [-0.2, -0.15) is 0 Å². The lowest BCUT2D eigenvalue weighted by Crippen LogP contribution is -2.34. The first-order valence-corrected chi connectivity index (χ1v) is 4.52. The summed E-state index contributed by atoms with van der Waals surface area (Å²) in [5.41, 5.74) is 5.39. The molecule has 0 aliphatic rings. The minimum atomic E-state index is -0.416. The van der Waals surface area contributed by atoms with Gasteiger partial charge in [0.1, 0.15) is 6.54 Å². The van der Waals surface area contributed by atoms with Crippen LogP contribution in [0.1, 0.15) is 13.3 Å². The highest BCUT2D eigenvalue weighted by atomic mass is 16.5. The summed E-state index contributed by atoms with van der Waals surface area (Å²) < 4.78 is 4.44. The number of amides is 1. The molecule has 0 heterocycles. The van der Waals surface area contributed by atoms with E-state index < -0.39 is 5.97 Å². The minimum absolute atomic E-state index is 0.00732. The van der Waals surface area contributed by atoms with E-state index in [1.165, 1.54) is 12.0 Å². The lowest BCUT2D eigenvalue weighted by Gasteiger charge is -2.17. The van der Waals surface area contributed by atoms with E-state index >= 15 is 0 Å². The number of hydrogen-bond donors (Lipinski definition) is 1. The molecule has 0 spiro atoms. The summed E-state index contributed by atoms with van der Waals surface area (Å²) in [6.45, 7) is 2.36.